The lowest BCUT2D eigenvalue weighted by Crippen LogP contribution is -2.19. The quantitative estimate of drug-likeness (QED) is 0.857. The fraction of sp³-hybridized carbons (Fsp3) is 0.385. The fourth-order valence-electron chi connectivity index (χ4n) is 1.67. The van der Waals surface area contributed by atoms with Crippen LogP contribution in [0.2, 0.25) is 0 Å². The highest BCUT2D eigenvalue weighted by molar-refractivity contribution is 5.25. The second kappa shape index (κ2) is 5.59. The van der Waals surface area contributed by atoms with Crippen LogP contribution >= 0.6 is 0 Å². The lowest BCUT2D eigenvalue weighted by molar-refractivity contribution is 0.569. The maximum atomic E-state index is 4.41. The van der Waals surface area contributed by atoms with Crippen molar-refractivity contribution in [3.63, 3.8) is 0 Å². The van der Waals surface area contributed by atoms with Gasteiger partial charge in [-0.3, -0.25) is 0 Å². The van der Waals surface area contributed by atoms with Gasteiger partial charge >= 0.3 is 0 Å². The van der Waals surface area contributed by atoms with E-state index >= 15 is 0 Å². The second-order valence-electron chi connectivity index (χ2n) is 4.08. The summed E-state index contributed by atoms with van der Waals surface area (Å²) < 4.78 is 1.76. The molecule has 0 saturated heterocycles. The molecular weight excluding hydrogens is 212 g/mol. The highest BCUT2D eigenvalue weighted by Gasteiger charge is 2.05. The number of nitrogens with one attached hydrogen (secondary N) is 1. The Kier molecular flexibility index (Phi) is 3.88. The second-order valence-corrected chi connectivity index (χ2v) is 4.08. The molecule has 0 aliphatic rings. The van der Waals surface area contributed by atoms with Gasteiger partial charge in [0, 0.05) is 24.6 Å². The van der Waals surface area contributed by atoms with Gasteiger partial charge in [-0.2, -0.15) is 5.10 Å². The van der Waals surface area contributed by atoms with Crippen molar-refractivity contribution in [2.75, 3.05) is 6.54 Å². The molecule has 2 aromatic rings. The zero-order valence-corrected chi connectivity index (χ0v) is 10.3. The van der Waals surface area contributed by atoms with Gasteiger partial charge in [0.05, 0.1) is 0 Å². The van der Waals surface area contributed by atoms with Crippen molar-refractivity contribution < 1.29 is 0 Å². The summed E-state index contributed by atoms with van der Waals surface area (Å²) in [5.74, 6) is 0.849. The van der Waals surface area contributed by atoms with Crippen LogP contribution in [0.15, 0.2) is 36.8 Å². The van der Waals surface area contributed by atoms with E-state index in [4.69, 9.17) is 0 Å². The van der Waals surface area contributed by atoms with Crippen molar-refractivity contribution in [3.8, 4) is 5.82 Å². The number of pyridine rings is 1. The molecule has 0 radical (unpaired) electrons. The molecule has 4 heteroatoms. The smallest absolute Gasteiger partial charge is 0.153 e. The molecule has 2 rings (SSSR count). The van der Waals surface area contributed by atoms with E-state index in [1.165, 1.54) is 5.56 Å². The zero-order chi connectivity index (χ0) is 12.1. The van der Waals surface area contributed by atoms with E-state index in [0.29, 0.717) is 6.04 Å². The molecule has 0 aromatic carbocycles. The molecule has 1 N–H and O–H groups in total. The number of aromatic nitrogens is 3. The Morgan fingerprint density at radius 2 is 2.29 bits per heavy atom. The van der Waals surface area contributed by atoms with Gasteiger partial charge in [0.2, 0.25) is 0 Å². The number of rotatable bonds is 5. The first-order chi connectivity index (χ1) is 8.31. The summed E-state index contributed by atoms with van der Waals surface area (Å²) in [6, 6.07) is 6.32. The third-order valence-electron chi connectivity index (χ3n) is 2.71. The van der Waals surface area contributed by atoms with E-state index in [2.05, 4.69) is 35.3 Å². The predicted molar refractivity (Wildman–Crippen MR) is 68.1 cm³/mol. The molecule has 0 amide bonds. The van der Waals surface area contributed by atoms with Crippen molar-refractivity contribution >= 4 is 0 Å². The lowest BCUT2D eigenvalue weighted by Gasteiger charge is -2.13. The van der Waals surface area contributed by atoms with E-state index < -0.39 is 0 Å². The Labute approximate surface area is 102 Å². The topological polar surface area (TPSA) is 42.7 Å². The van der Waals surface area contributed by atoms with Gasteiger partial charge < -0.3 is 5.32 Å². The summed E-state index contributed by atoms with van der Waals surface area (Å²) in [5, 5.41) is 7.59. The van der Waals surface area contributed by atoms with Crippen molar-refractivity contribution in [2.24, 2.45) is 0 Å². The minimum absolute atomic E-state index is 0.342. The summed E-state index contributed by atoms with van der Waals surface area (Å²) in [4.78, 5) is 4.41. The van der Waals surface area contributed by atoms with Crippen LogP contribution in [-0.4, -0.2) is 21.3 Å². The summed E-state index contributed by atoms with van der Waals surface area (Å²) >= 11 is 0. The Morgan fingerprint density at radius 3 is 2.88 bits per heavy atom. The van der Waals surface area contributed by atoms with E-state index in [9.17, 15) is 0 Å². The van der Waals surface area contributed by atoms with Gasteiger partial charge in [0.1, 0.15) is 0 Å². The minimum Gasteiger partial charge on any atom is -0.310 e. The maximum absolute atomic E-state index is 4.41. The fourth-order valence-corrected chi connectivity index (χ4v) is 1.67. The van der Waals surface area contributed by atoms with Crippen LogP contribution in [0.25, 0.3) is 5.82 Å². The summed E-state index contributed by atoms with van der Waals surface area (Å²) in [6.45, 7) is 5.35. The lowest BCUT2D eigenvalue weighted by atomic mass is 10.1. The average Bonchev–Trinajstić information content (AvgIpc) is 2.90. The number of hydrogen-bond acceptors (Lipinski definition) is 3. The van der Waals surface area contributed by atoms with Crippen LogP contribution in [0.5, 0.6) is 0 Å². The van der Waals surface area contributed by atoms with E-state index in [1.54, 1.807) is 10.9 Å². The van der Waals surface area contributed by atoms with Gasteiger partial charge in [-0.25, -0.2) is 9.67 Å². The maximum Gasteiger partial charge on any atom is 0.153 e. The van der Waals surface area contributed by atoms with Gasteiger partial charge in [-0.05, 0) is 37.6 Å². The number of nitrogens with zero attached hydrogens (tertiary/aromatic N) is 3. The number of hydrogen-bond donors (Lipinski definition) is 1. The minimum atomic E-state index is 0.342. The molecule has 0 aliphatic carbocycles. The first-order valence-electron chi connectivity index (χ1n) is 6.00. The monoisotopic (exact) mass is 230 g/mol. The summed E-state index contributed by atoms with van der Waals surface area (Å²) in [7, 11) is 0. The Hall–Kier alpha value is -1.68. The molecule has 2 aromatic heterocycles. The average molecular weight is 230 g/mol. The van der Waals surface area contributed by atoms with E-state index in [1.807, 2.05) is 24.5 Å². The van der Waals surface area contributed by atoms with Gasteiger partial charge in [-0.15, -0.1) is 0 Å². The molecule has 0 bridgehead atoms. The molecule has 4 nitrogen and oxygen atoms in total. The van der Waals surface area contributed by atoms with E-state index in [-0.39, 0.29) is 0 Å². The van der Waals surface area contributed by atoms with Gasteiger partial charge in [-0.1, -0.05) is 13.0 Å². The standard InChI is InChI=1S/C13H18N4/c1-3-7-14-11(2)12-5-6-13(15-10-12)17-9-4-8-16-17/h4-6,8-11,14H,3,7H2,1-2H3. The predicted octanol–water partition coefficient (Wildman–Crippen LogP) is 2.33. The molecular formula is C13H18N4. The van der Waals surface area contributed by atoms with Gasteiger partial charge in [0.25, 0.3) is 0 Å². The third kappa shape index (κ3) is 2.91. The normalized spacial score (nSPS) is 12.6. The molecule has 0 fully saturated rings. The third-order valence-corrected chi connectivity index (χ3v) is 2.71. The van der Waals surface area contributed by atoms with Crippen LogP contribution in [0.1, 0.15) is 31.9 Å². The molecule has 0 aliphatic heterocycles. The summed E-state index contributed by atoms with van der Waals surface area (Å²) in [6.07, 6.45) is 6.69. The van der Waals surface area contributed by atoms with Crippen LogP contribution < -0.4 is 5.32 Å². The molecule has 90 valence electrons. The first kappa shape index (κ1) is 11.8. The SMILES string of the molecule is CCCNC(C)c1ccc(-n2cccn2)nc1. The largest absolute Gasteiger partial charge is 0.310 e. The van der Waals surface area contributed by atoms with Crippen LogP contribution in [0, 0.1) is 0 Å². The van der Waals surface area contributed by atoms with Gasteiger partial charge in [0.15, 0.2) is 5.82 Å². The molecule has 0 spiro atoms. The van der Waals surface area contributed by atoms with Crippen LogP contribution in [-0.2, 0) is 0 Å². The van der Waals surface area contributed by atoms with Crippen molar-refractivity contribution in [1.82, 2.24) is 20.1 Å². The molecule has 0 saturated carbocycles. The molecule has 1 atom stereocenters. The Morgan fingerprint density at radius 1 is 1.41 bits per heavy atom. The first-order valence-corrected chi connectivity index (χ1v) is 6.00. The highest BCUT2D eigenvalue weighted by atomic mass is 15.3. The van der Waals surface area contributed by atoms with Crippen LogP contribution in [0.3, 0.4) is 0 Å². The molecule has 17 heavy (non-hydrogen) atoms. The van der Waals surface area contributed by atoms with Crippen LogP contribution in [0.4, 0.5) is 0 Å². The Balaban J connectivity index is 2.08. The van der Waals surface area contributed by atoms with Crippen molar-refractivity contribution in [3.05, 3.63) is 42.4 Å². The Bertz CT molecular complexity index is 433. The van der Waals surface area contributed by atoms with E-state index in [0.717, 1.165) is 18.8 Å². The molecule has 2 heterocycles. The molecule has 1 unspecified atom stereocenters. The zero-order valence-electron chi connectivity index (χ0n) is 10.3. The van der Waals surface area contributed by atoms with Crippen molar-refractivity contribution in [1.29, 1.82) is 0 Å². The summed E-state index contributed by atoms with van der Waals surface area (Å²) in [5.41, 5.74) is 1.20. The highest BCUT2D eigenvalue weighted by Crippen LogP contribution is 2.12. The van der Waals surface area contributed by atoms with Crippen molar-refractivity contribution in [2.45, 2.75) is 26.3 Å².